The van der Waals surface area contributed by atoms with E-state index in [1.165, 1.54) is 0 Å². The minimum atomic E-state index is -0.189. The highest BCUT2D eigenvalue weighted by molar-refractivity contribution is 6.30. The number of halogens is 1. The van der Waals surface area contributed by atoms with Gasteiger partial charge in [-0.3, -0.25) is 9.48 Å². The Kier molecular flexibility index (Phi) is 5.37. The van der Waals surface area contributed by atoms with E-state index in [1.807, 2.05) is 42.1 Å². The molecule has 7 heteroatoms. The van der Waals surface area contributed by atoms with Crippen LogP contribution in [0.2, 0.25) is 5.02 Å². The van der Waals surface area contributed by atoms with E-state index in [-0.39, 0.29) is 17.4 Å². The minimum absolute atomic E-state index is 0.0693. The van der Waals surface area contributed by atoms with Crippen LogP contribution in [0.25, 0.3) is 11.3 Å². The van der Waals surface area contributed by atoms with E-state index in [9.17, 15) is 4.79 Å². The highest BCUT2D eigenvalue weighted by Crippen LogP contribution is 2.24. The van der Waals surface area contributed by atoms with E-state index in [1.54, 1.807) is 23.3 Å². The third kappa shape index (κ3) is 4.57. The molecular weight excluding hydrogens is 362 g/mol. The molecule has 0 saturated heterocycles. The van der Waals surface area contributed by atoms with Crippen molar-refractivity contribution < 1.29 is 4.79 Å². The lowest BCUT2D eigenvalue weighted by molar-refractivity contribution is 0.0886. The highest BCUT2D eigenvalue weighted by Gasteiger charge is 2.28. The number of aryl methyl sites for hydroxylation is 1. The van der Waals surface area contributed by atoms with Crippen molar-refractivity contribution in [2.45, 2.75) is 33.4 Å². The van der Waals surface area contributed by atoms with Gasteiger partial charge < -0.3 is 9.88 Å². The van der Waals surface area contributed by atoms with Crippen LogP contribution in [-0.4, -0.2) is 31.3 Å². The fourth-order valence-electron chi connectivity index (χ4n) is 2.84. The van der Waals surface area contributed by atoms with Gasteiger partial charge in [0.05, 0.1) is 18.1 Å². The summed E-state index contributed by atoms with van der Waals surface area (Å²) in [5.74, 6) is -0.189. The van der Waals surface area contributed by atoms with Gasteiger partial charge in [-0.2, -0.15) is 5.10 Å². The predicted molar refractivity (Wildman–Crippen MR) is 107 cm³/mol. The Morgan fingerprint density at radius 3 is 2.56 bits per heavy atom. The van der Waals surface area contributed by atoms with Gasteiger partial charge in [0.1, 0.15) is 0 Å². The van der Waals surface area contributed by atoms with E-state index in [2.05, 4.69) is 36.2 Å². The molecule has 0 saturated carbocycles. The van der Waals surface area contributed by atoms with Crippen molar-refractivity contribution >= 4 is 17.5 Å². The van der Waals surface area contributed by atoms with Crippen LogP contribution in [0.1, 0.15) is 31.3 Å². The Hall–Kier alpha value is -2.60. The summed E-state index contributed by atoms with van der Waals surface area (Å²) in [6.45, 7) is 6.96. The molecular formula is C20H24ClN5O. The van der Waals surface area contributed by atoms with Crippen LogP contribution in [0.5, 0.6) is 0 Å². The number of amides is 1. The topological polar surface area (TPSA) is 64.7 Å². The summed E-state index contributed by atoms with van der Waals surface area (Å²) in [4.78, 5) is 16.9. The zero-order chi connectivity index (χ0) is 19.6. The van der Waals surface area contributed by atoms with Gasteiger partial charge in [0, 0.05) is 31.0 Å². The monoisotopic (exact) mass is 385 g/mol. The molecule has 0 aliphatic carbocycles. The number of aromatic nitrogens is 4. The molecule has 2 heterocycles. The summed E-state index contributed by atoms with van der Waals surface area (Å²) in [6.07, 6.45) is 5.38. The minimum Gasteiger partial charge on any atom is -0.346 e. The maximum atomic E-state index is 12.8. The number of nitrogens with one attached hydrogen (secondary N) is 1. The molecule has 6 nitrogen and oxygen atoms in total. The molecule has 0 bridgehead atoms. The van der Waals surface area contributed by atoms with Crippen molar-refractivity contribution in [1.29, 1.82) is 0 Å². The average molecular weight is 386 g/mol. The number of imidazole rings is 1. The number of carbonyl (C=O) groups is 1. The second kappa shape index (κ2) is 7.56. The Balaban J connectivity index is 1.80. The van der Waals surface area contributed by atoms with Crippen LogP contribution in [0.3, 0.4) is 0 Å². The summed E-state index contributed by atoms with van der Waals surface area (Å²) in [5, 5.41) is 8.19. The van der Waals surface area contributed by atoms with E-state index in [0.29, 0.717) is 17.3 Å². The van der Waals surface area contributed by atoms with E-state index in [4.69, 9.17) is 11.6 Å². The fourth-order valence-corrected chi connectivity index (χ4v) is 2.97. The normalized spacial score (nSPS) is 12.8. The van der Waals surface area contributed by atoms with Gasteiger partial charge in [-0.1, -0.05) is 44.5 Å². The molecule has 0 aliphatic heterocycles. The van der Waals surface area contributed by atoms with Gasteiger partial charge in [0.25, 0.3) is 5.91 Å². The molecule has 142 valence electrons. The number of carbonyl (C=O) groups excluding carboxylic acids is 1. The lowest BCUT2D eigenvalue weighted by Crippen LogP contribution is -2.46. The number of benzene rings is 1. The Labute approximate surface area is 164 Å². The first-order valence-corrected chi connectivity index (χ1v) is 9.18. The van der Waals surface area contributed by atoms with Crippen molar-refractivity contribution in [3.63, 3.8) is 0 Å². The Morgan fingerprint density at radius 1 is 1.26 bits per heavy atom. The van der Waals surface area contributed by atoms with E-state index in [0.717, 1.165) is 11.3 Å². The molecule has 1 amide bonds. The number of hydrogen-bond donors (Lipinski definition) is 1. The van der Waals surface area contributed by atoms with E-state index < -0.39 is 0 Å². The molecule has 1 N–H and O–H groups in total. The van der Waals surface area contributed by atoms with E-state index >= 15 is 0 Å². The molecule has 0 unspecified atom stereocenters. The molecule has 1 atom stereocenters. The maximum Gasteiger partial charge on any atom is 0.272 e. The Bertz CT molecular complexity index is 907. The van der Waals surface area contributed by atoms with Gasteiger partial charge in [-0.05, 0) is 29.2 Å². The second-order valence-corrected chi connectivity index (χ2v) is 8.13. The van der Waals surface area contributed by atoms with Crippen LogP contribution < -0.4 is 5.32 Å². The summed E-state index contributed by atoms with van der Waals surface area (Å²) in [6, 6.07) is 9.21. The molecule has 3 aromatic rings. The SMILES string of the molecule is Cn1nc(C(=O)N[C@H](Cn2ccnc2)C(C)(C)C)cc1-c1ccc(Cl)cc1. The van der Waals surface area contributed by atoms with Gasteiger partial charge in [-0.15, -0.1) is 0 Å². The van der Waals surface area contributed by atoms with Gasteiger partial charge in [0.15, 0.2) is 5.69 Å². The summed E-state index contributed by atoms with van der Waals surface area (Å²) in [5.41, 5.74) is 2.09. The number of rotatable bonds is 5. The second-order valence-electron chi connectivity index (χ2n) is 7.70. The fraction of sp³-hybridized carbons (Fsp3) is 0.350. The smallest absolute Gasteiger partial charge is 0.272 e. The first-order chi connectivity index (χ1) is 12.7. The molecule has 27 heavy (non-hydrogen) atoms. The van der Waals surface area contributed by atoms with Crippen molar-refractivity contribution in [1.82, 2.24) is 24.6 Å². The molecule has 0 spiro atoms. The quantitative estimate of drug-likeness (QED) is 0.726. The lowest BCUT2D eigenvalue weighted by Gasteiger charge is -2.31. The highest BCUT2D eigenvalue weighted by atomic mass is 35.5. The first-order valence-electron chi connectivity index (χ1n) is 8.80. The maximum absolute atomic E-state index is 12.8. The third-order valence-corrected chi connectivity index (χ3v) is 4.81. The standard InChI is InChI=1S/C20H24ClN5O/c1-20(2,3)18(12-26-10-9-22-13-26)23-19(27)16-11-17(25(4)24-16)14-5-7-15(21)8-6-14/h5-11,13,18H,12H2,1-4H3,(H,23,27)/t18-/m1/s1. The Morgan fingerprint density at radius 2 is 1.96 bits per heavy atom. The van der Waals surface area contributed by atoms with Crippen molar-refractivity contribution in [3.8, 4) is 11.3 Å². The van der Waals surface area contributed by atoms with Crippen molar-refractivity contribution in [2.24, 2.45) is 12.5 Å². The van der Waals surface area contributed by atoms with Crippen LogP contribution >= 0.6 is 11.6 Å². The summed E-state index contributed by atoms with van der Waals surface area (Å²) >= 11 is 5.96. The summed E-state index contributed by atoms with van der Waals surface area (Å²) in [7, 11) is 1.83. The molecule has 3 rings (SSSR count). The van der Waals surface area contributed by atoms with Crippen molar-refractivity contribution in [3.05, 3.63) is 59.8 Å². The first kappa shape index (κ1) is 19.2. The van der Waals surface area contributed by atoms with Crippen LogP contribution in [0.15, 0.2) is 49.1 Å². The number of nitrogens with zero attached hydrogens (tertiary/aromatic N) is 4. The summed E-state index contributed by atoms with van der Waals surface area (Å²) < 4.78 is 3.67. The average Bonchev–Trinajstić information content (AvgIpc) is 3.24. The van der Waals surface area contributed by atoms with Gasteiger partial charge >= 0.3 is 0 Å². The molecule has 1 aromatic carbocycles. The lowest BCUT2D eigenvalue weighted by atomic mass is 9.86. The number of hydrogen-bond acceptors (Lipinski definition) is 3. The van der Waals surface area contributed by atoms with Crippen LogP contribution in [0, 0.1) is 5.41 Å². The molecule has 2 aromatic heterocycles. The van der Waals surface area contributed by atoms with Gasteiger partial charge in [-0.25, -0.2) is 4.98 Å². The zero-order valence-corrected chi connectivity index (χ0v) is 16.7. The predicted octanol–water partition coefficient (Wildman–Crippen LogP) is 3.78. The zero-order valence-electron chi connectivity index (χ0n) is 16.0. The largest absolute Gasteiger partial charge is 0.346 e. The van der Waals surface area contributed by atoms with Crippen molar-refractivity contribution in [2.75, 3.05) is 0 Å². The molecule has 0 fully saturated rings. The van der Waals surface area contributed by atoms with Gasteiger partial charge in [0.2, 0.25) is 0 Å². The van der Waals surface area contributed by atoms with Crippen LogP contribution in [0.4, 0.5) is 0 Å². The molecule has 0 aliphatic rings. The van der Waals surface area contributed by atoms with Crippen LogP contribution in [-0.2, 0) is 13.6 Å². The molecule has 0 radical (unpaired) electrons. The third-order valence-electron chi connectivity index (χ3n) is 4.56.